The van der Waals surface area contributed by atoms with Crippen LogP contribution in [-0.2, 0) is 50.8 Å². The Morgan fingerprint density at radius 3 is 1.32 bits per heavy atom. The van der Waals surface area contributed by atoms with E-state index in [-0.39, 0.29) is 41.2 Å². The van der Waals surface area contributed by atoms with Gasteiger partial charge in [-0.05, 0) is 35.7 Å². The fraction of sp³-hybridized carbons (Fsp3) is 0.750. The molecule has 4 atom stereocenters. The van der Waals surface area contributed by atoms with Crippen molar-refractivity contribution >= 4 is 34.9 Å². The first-order valence-corrected chi connectivity index (χ1v) is 10.8. The van der Waals surface area contributed by atoms with Crippen molar-refractivity contribution in [3.05, 3.63) is 20.4 Å². The summed E-state index contributed by atoms with van der Waals surface area (Å²) in [7, 11) is 5.48. The summed E-state index contributed by atoms with van der Waals surface area (Å²) < 4.78 is 23.3. The van der Waals surface area contributed by atoms with Crippen LogP contribution in [0.1, 0.15) is 27.7 Å². The van der Waals surface area contributed by atoms with Crippen LogP contribution in [0.25, 0.3) is 0 Å². The molecule has 0 aliphatic carbocycles. The molecule has 1 N–H and O–H groups in total. The number of rotatable bonds is 7. The van der Waals surface area contributed by atoms with Crippen molar-refractivity contribution in [1.29, 1.82) is 0 Å². The van der Waals surface area contributed by atoms with Gasteiger partial charge in [0.1, 0.15) is 6.16 Å². The Bertz CT molecular complexity index is 109. The molecule has 0 saturated heterocycles. The standard InChI is InChI=1S/3C3H8OP.C2H5OP.CH4O.Y/c2*1-3-4-5-2;1-3-5-4-2;1-2-4-3;1-2;/h3*5H,2-3H2,1H3;2H2,1H3;2H,1H3;/q3*-1;;;+3/p+1. The first kappa shape index (κ1) is 39.4. The predicted octanol–water partition coefficient (Wildman–Crippen LogP) is 4.86. The molecule has 0 amide bonds. The van der Waals surface area contributed by atoms with E-state index in [2.05, 4.69) is 31.9 Å². The molecule has 0 bridgehead atoms. The summed E-state index contributed by atoms with van der Waals surface area (Å²) in [4.78, 5) is 0. The van der Waals surface area contributed by atoms with Crippen LogP contribution in [0.4, 0.5) is 0 Å². The molecule has 0 rings (SSSR count). The molecule has 10 heteroatoms. The third-order valence-corrected chi connectivity index (χ3v) is 2.65. The van der Waals surface area contributed by atoms with Gasteiger partial charge in [-0.1, -0.05) is 11.5 Å². The van der Waals surface area contributed by atoms with Gasteiger partial charge in [0.2, 0.25) is 0 Å². The van der Waals surface area contributed by atoms with E-state index in [1.165, 1.54) is 0 Å². The number of aliphatic hydroxyl groups is 1. The van der Waals surface area contributed by atoms with Gasteiger partial charge >= 0.3 is 41.2 Å². The van der Waals surface area contributed by atoms with Crippen LogP contribution in [-0.4, -0.2) is 37.8 Å². The smallest absolute Gasteiger partial charge is 0.537 e. The minimum Gasteiger partial charge on any atom is -0.537 e. The van der Waals surface area contributed by atoms with Crippen molar-refractivity contribution in [2.24, 2.45) is 0 Å². The molecule has 0 aromatic rings. The normalized spacial score (nSPS) is 9.14. The molecular formula is C12H34O5P4Y+. The second kappa shape index (κ2) is 65.5. The first-order chi connectivity index (χ1) is 10.2. The molecule has 0 radical (unpaired) electrons. The minimum absolute atomic E-state index is 0. The average Bonchev–Trinajstić information content (AvgIpc) is 2.53. The maximum atomic E-state index is 9.33. The van der Waals surface area contributed by atoms with Crippen LogP contribution >= 0.6 is 34.9 Å². The Hall–Kier alpha value is 2.33. The Kier molecular flexibility index (Phi) is 117. The molecule has 134 valence electrons. The van der Waals surface area contributed by atoms with E-state index in [1.54, 1.807) is 0 Å². The first-order valence-electron chi connectivity index (χ1n) is 6.37. The SMILES string of the molecule is CC[PH+]=O.CO.[CH2-]OPCC.[CH2-]POCC.[CH2-]POCC.[Y+3]. The van der Waals surface area contributed by atoms with Crippen LogP contribution in [0.3, 0.4) is 0 Å². The molecule has 0 aromatic heterocycles. The maximum Gasteiger partial charge on any atom is 3.00 e. The van der Waals surface area contributed by atoms with E-state index < -0.39 is 0 Å². The molecule has 0 saturated carbocycles. The van der Waals surface area contributed by atoms with Gasteiger partial charge in [0, 0.05) is 20.3 Å². The topological polar surface area (TPSA) is 65.0 Å². The monoisotopic (exact) mass is 471 g/mol. The molecule has 0 heterocycles. The average molecular weight is 471 g/mol. The third-order valence-electron chi connectivity index (χ3n) is 0.884. The summed E-state index contributed by atoms with van der Waals surface area (Å²) in [6.45, 7) is 16.4. The second-order valence-electron chi connectivity index (χ2n) is 2.29. The largest absolute Gasteiger partial charge is 3.00 e. The minimum atomic E-state index is -0.110. The van der Waals surface area contributed by atoms with Crippen LogP contribution in [0.5, 0.6) is 0 Å². The molecule has 5 nitrogen and oxygen atoms in total. The Morgan fingerprint density at radius 1 is 1.00 bits per heavy atom. The quantitative estimate of drug-likeness (QED) is 0.425. The van der Waals surface area contributed by atoms with Gasteiger partial charge in [0.05, 0.1) is 0 Å². The maximum absolute atomic E-state index is 9.33. The summed E-state index contributed by atoms with van der Waals surface area (Å²) in [6, 6.07) is 0. The Labute approximate surface area is 170 Å². The molecular weight excluding hydrogens is 437 g/mol. The second-order valence-corrected chi connectivity index (χ2v) is 5.73. The van der Waals surface area contributed by atoms with E-state index in [1.807, 2.05) is 20.8 Å². The zero-order chi connectivity index (χ0) is 17.8. The van der Waals surface area contributed by atoms with Gasteiger partial charge in [0.15, 0.2) is 0 Å². The predicted molar refractivity (Wildman–Crippen MR) is 104 cm³/mol. The van der Waals surface area contributed by atoms with Crippen molar-refractivity contribution in [1.82, 2.24) is 0 Å². The van der Waals surface area contributed by atoms with Gasteiger partial charge in [0.25, 0.3) is 0 Å². The molecule has 0 spiro atoms. The van der Waals surface area contributed by atoms with Gasteiger partial charge in [-0.2, -0.15) is 0 Å². The number of hydrogen-bond donors (Lipinski definition) is 1. The van der Waals surface area contributed by atoms with Crippen molar-refractivity contribution in [2.45, 2.75) is 27.7 Å². The van der Waals surface area contributed by atoms with E-state index in [4.69, 9.17) is 14.2 Å². The number of aliphatic hydroxyl groups excluding tert-OH is 1. The summed E-state index contributed by atoms with van der Waals surface area (Å²) in [6.07, 6.45) is 1.88. The Balaban J connectivity index is -0.0000000369. The molecule has 0 aromatic carbocycles. The summed E-state index contributed by atoms with van der Waals surface area (Å²) >= 11 is 0. The van der Waals surface area contributed by atoms with Gasteiger partial charge < -0.3 is 18.7 Å². The van der Waals surface area contributed by atoms with Crippen LogP contribution in [0.2, 0.25) is 0 Å². The van der Waals surface area contributed by atoms with Crippen LogP contribution in [0, 0.1) is 20.4 Å². The summed E-state index contributed by atoms with van der Waals surface area (Å²) in [5.41, 5.74) is 0. The van der Waals surface area contributed by atoms with E-state index >= 15 is 0 Å². The molecule has 22 heavy (non-hydrogen) atoms. The molecule has 4 unspecified atom stereocenters. The van der Waals surface area contributed by atoms with E-state index in [9.17, 15) is 4.57 Å². The van der Waals surface area contributed by atoms with Gasteiger partial charge in [-0.25, -0.2) is 7.11 Å². The fourth-order valence-corrected chi connectivity index (χ4v) is 0.919. The van der Waals surface area contributed by atoms with Crippen LogP contribution < -0.4 is 0 Å². The van der Waals surface area contributed by atoms with Crippen molar-refractivity contribution in [2.75, 3.05) is 32.6 Å². The third kappa shape index (κ3) is 117. The fourth-order valence-electron chi connectivity index (χ4n) is 0.306. The van der Waals surface area contributed by atoms with Crippen molar-refractivity contribution in [3.63, 3.8) is 0 Å². The van der Waals surface area contributed by atoms with E-state index in [0.717, 1.165) is 32.6 Å². The Morgan fingerprint density at radius 2 is 1.32 bits per heavy atom. The molecule has 0 fully saturated rings. The van der Waals surface area contributed by atoms with Crippen molar-refractivity contribution < 1.29 is 56.0 Å². The summed E-state index contributed by atoms with van der Waals surface area (Å²) in [5.74, 6) is 0. The van der Waals surface area contributed by atoms with Gasteiger partial charge in [-0.15, -0.1) is 17.6 Å². The summed E-state index contributed by atoms with van der Waals surface area (Å²) in [5, 5.41) is 7.00. The van der Waals surface area contributed by atoms with Crippen molar-refractivity contribution in [3.8, 4) is 0 Å². The zero-order valence-electron chi connectivity index (χ0n) is 14.6. The van der Waals surface area contributed by atoms with E-state index in [0.29, 0.717) is 26.4 Å². The zero-order valence-corrected chi connectivity index (χ0v) is 21.4. The van der Waals surface area contributed by atoms with Crippen LogP contribution in [0.15, 0.2) is 0 Å². The molecule has 0 aliphatic heterocycles. The molecule has 0 aliphatic rings. The van der Waals surface area contributed by atoms with Gasteiger partial charge in [-0.3, -0.25) is 13.3 Å². The number of hydrogen-bond acceptors (Lipinski definition) is 5.